The van der Waals surface area contributed by atoms with E-state index in [1.807, 2.05) is 27.7 Å². The molecule has 0 heterocycles. The first-order valence-electron chi connectivity index (χ1n) is 4.03. The summed E-state index contributed by atoms with van der Waals surface area (Å²) in [6.07, 6.45) is 0. The predicted octanol–water partition coefficient (Wildman–Crippen LogP) is 4.12. The minimum absolute atomic E-state index is 0.270. The second-order valence-corrected chi connectivity index (χ2v) is 2.74. The maximum Gasteiger partial charge on any atom is 0.124 e. The van der Waals surface area contributed by atoms with Gasteiger partial charge in [0.25, 0.3) is 0 Å². The second kappa shape index (κ2) is 5.15. The molecule has 1 aromatic carbocycles. The molecule has 0 N–H and O–H groups in total. The van der Waals surface area contributed by atoms with E-state index in [1.54, 1.807) is 0 Å². The van der Waals surface area contributed by atoms with E-state index >= 15 is 0 Å². The van der Waals surface area contributed by atoms with Crippen molar-refractivity contribution in [2.45, 2.75) is 27.7 Å². The first-order chi connectivity index (χ1) is 5.61. The van der Waals surface area contributed by atoms with Crippen molar-refractivity contribution in [1.82, 2.24) is 0 Å². The van der Waals surface area contributed by atoms with E-state index in [0.29, 0.717) is 5.02 Å². The van der Waals surface area contributed by atoms with E-state index in [-0.39, 0.29) is 5.82 Å². The van der Waals surface area contributed by atoms with Gasteiger partial charge in [0.2, 0.25) is 0 Å². The maximum atomic E-state index is 12.5. The average molecular weight is 189 g/mol. The van der Waals surface area contributed by atoms with Gasteiger partial charge in [-0.05, 0) is 37.1 Å². The van der Waals surface area contributed by atoms with Crippen LogP contribution >= 0.6 is 11.6 Å². The van der Waals surface area contributed by atoms with Crippen LogP contribution in [0.15, 0.2) is 12.1 Å². The Hall–Kier alpha value is -0.560. The highest BCUT2D eigenvalue weighted by molar-refractivity contribution is 6.31. The molecule has 1 rings (SSSR count). The summed E-state index contributed by atoms with van der Waals surface area (Å²) < 4.78 is 12.5. The van der Waals surface area contributed by atoms with Gasteiger partial charge in [0.05, 0.1) is 0 Å². The van der Waals surface area contributed by atoms with Gasteiger partial charge in [-0.3, -0.25) is 0 Å². The van der Waals surface area contributed by atoms with E-state index in [4.69, 9.17) is 11.6 Å². The van der Waals surface area contributed by atoms with Gasteiger partial charge in [0.1, 0.15) is 5.82 Å². The summed E-state index contributed by atoms with van der Waals surface area (Å²) in [5, 5.41) is 0.498. The molecule has 0 amide bonds. The van der Waals surface area contributed by atoms with Gasteiger partial charge in [-0.15, -0.1) is 0 Å². The predicted molar refractivity (Wildman–Crippen MR) is 52.2 cm³/mol. The highest BCUT2D eigenvalue weighted by atomic mass is 35.5. The van der Waals surface area contributed by atoms with E-state index in [9.17, 15) is 4.39 Å². The standard InChI is InChI=1S/C8H8ClF.C2H6/c1-5-3-7(10)4-8(9)6(5)2;1-2/h3-4H,1-2H3;1-2H3. The maximum absolute atomic E-state index is 12.5. The summed E-state index contributed by atoms with van der Waals surface area (Å²) in [7, 11) is 0. The van der Waals surface area contributed by atoms with Gasteiger partial charge in [-0.2, -0.15) is 0 Å². The molecule has 0 aliphatic carbocycles. The highest BCUT2D eigenvalue weighted by Gasteiger charge is 2.00. The van der Waals surface area contributed by atoms with Crippen molar-refractivity contribution >= 4 is 11.6 Å². The van der Waals surface area contributed by atoms with Crippen molar-refractivity contribution in [2.24, 2.45) is 0 Å². The van der Waals surface area contributed by atoms with Crippen molar-refractivity contribution in [3.05, 3.63) is 34.1 Å². The fraction of sp³-hybridized carbons (Fsp3) is 0.400. The molecule has 0 radical (unpaired) electrons. The summed E-state index contributed by atoms with van der Waals surface area (Å²) in [6.45, 7) is 7.71. The fourth-order valence-corrected chi connectivity index (χ4v) is 1.03. The van der Waals surface area contributed by atoms with Gasteiger partial charge in [-0.25, -0.2) is 4.39 Å². The smallest absolute Gasteiger partial charge is 0.124 e. The van der Waals surface area contributed by atoms with Gasteiger partial charge >= 0.3 is 0 Å². The van der Waals surface area contributed by atoms with Crippen LogP contribution in [-0.4, -0.2) is 0 Å². The lowest BCUT2D eigenvalue weighted by Crippen LogP contribution is -1.84. The molecule has 2 heteroatoms. The molecule has 0 atom stereocenters. The molecule has 0 unspecified atom stereocenters. The van der Waals surface area contributed by atoms with Crippen LogP contribution in [0.1, 0.15) is 25.0 Å². The third kappa shape index (κ3) is 2.82. The molecule has 0 aromatic heterocycles. The van der Waals surface area contributed by atoms with Crippen molar-refractivity contribution in [1.29, 1.82) is 0 Å². The summed E-state index contributed by atoms with van der Waals surface area (Å²) in [4.78, 5) is 0. The number of benzene rings is 1. The Bertz CT molecular complexity index is 233. The lowest BCUT2D eigenvalue weighted by Gasteiger charge is -2.00. The third-order valence-corrected chi connectivity index (χ3v) is 1.96. The Balaban J connectivity index is 0.000000561. The summed E-state index contributed by atoms with van der Waals surface area (Å²) in [5.41, 5.74) is 1.84. The van der Waals surface area contributed by atoms with Crippen LogP contribution in [0.2, 0.25) is 5.02 Å². The molecule has 0 spiro atoms. The van der Waals surface area contributed by atoms with Crippen LogP contribution < -0.4 is 0 Å². The molecule has 0 aliphatic rings. The number of halogens is 2. The van der Waals surface area contributed by atoms with Crippen LogP contribution in [0.5, 0.6) is 0 Å². The molecule has 0 aliphatic heterocycles. The van der Waals surface area contributed by atoms with Crippen molar-refractivity contribution in [2.75, 3.05) is 0 Å². The molecule has 0 saturated carbocycles. The molecule has 0 saturated heterocycles. The zero-order valence-corrected chi connectivity index (χ0v) is 8.67. The van der Waals surface area contributed by atoms with Crippen molar-refractivity contribution in [3.63, 3.8) is 0 Å². The zero-order chi connectivity index (χ0) is 9.72. The lowest BCUT2D eigenvalue weighted by molar-refractivity contribution is 0.626. The molecular formula is C10H14ClF. The number of aryl methyl sites for hydroxylation is 1. The van der Waals surface area contributed by atoms with Crippen LogP contribution in [0.3, 0.4) is 0 Å². The molecule has 0 bridgehead atoms. The Morgan fingerprint density at radius 3 is 2.08 bits per heavy atom. The largest absolute Gasteiger partial charge is 0.207 e. The normalized spacial score (nSPS) is 8.83. The monoisotopic (exact) mass is 188 g/mol. The molecule has 1 aromatic rings. The van der Waals surface area contributed by atoms with Gasteiger partial charge in [0.15, 0.2) is 0 Å². The fourth-order valence-electron chi connectivity index (χ4n) is 0.774. The first-order valence-corrected chi connectivity index (χ1v) is 4.41. The minimum Gasteiger partial charge on any atom is -0.207 e. The molecular weight excluding hydrogens is 175 g/mol. The molecule has 68 valence electrons. The molecule has 0 nitrogen and oxygen atoms in total. The number of rotatable bonds is 0. The van der Waals surface area contributed by atoms with Crippen LogP contribution in [-0.2, 0) is 0 Å². The molecule has 0 fully saturated rings. The second-order valence-electron chi connectivity index (χ2n) is 2.33. The van der Waals surface area contributed by atoms with Crippen LogP contribution in [0.25, 0.3) is 0 Å². The number of hydrogen-bond donors (Lipinski definition) is 0. The van der Waals surface area contributed by atoms with Crippen LogP contribution in [0, 0.1) is 19.7 Å². The lowest BCUT2D eigenvalue weighted by atomic mass is 10.1. The summed E-state index contributed by atoms with van der Waals surface area (Å²) in [5.74, 6) is -0.270. The van der Waals surface area contributed by atoms with E-state index < -0.39 is 0 Å². The van der Waals surface area contributed by atoms with Gasteiger partial charge in [-0.1, -0.05) is 25.4 Å². The van der Waals surface area contributed by atoms with Gasteiger partial charge < -0.3 is 0 Å². The third-order valence-electron chi connectivity index (χ3n) is 1.57. The molecule has 12 heavy (non-hydrogen) atoms. The SMILES string of the molecule is CC.Cc1cc(F)cc(Cl)c1C. The van der Waals surface area contributed by atoms with E-state index in [1.165, 1.54) is 12.1 Å². The number of hydrogen-bond acceptors (Lipinski definition) is 0. The first kappa shape index (κ1) is 11.4. The summed E-state index contributed by atoms with van der Waals surface area (Å²) in [6, 6.07) is 2.80. The quantitative estimate of drug-likeness (QED) is 0.575. The Morgan fingerprint density at radius 1 is 1.17 bits per heavy atom. The Labute approximate surface area is 78.4 Å². The Morgan fingerprint density at radius 2 is 1.67 bits per heavy atom. The Kier molecular flexibility index (Phi) is 4.91. The topological polar surface area (TPSA) is 0 Å². The van der Waals surface area contributed by atoms with Crippen LogP contribution in [0.4, 0.5) is 4.39 Å². The average Bonchev–Trinajstić information content (AvgIpc) is 2.04. The van der Waals surface area contributed by atoms with Gasteiger partial charge in [0, 0.05) is 5.02 Å². The minimum atomic E-state index is -0.270. The van der Waals surface area contributed by atoms with E-state index in [0.717, 1.165) is 11.1 Å². The summed E-state index contributed by atoms with van der Waals surface area (Å²) >= 11 is 5.68. The zero-order valence-electron chi connectivity index (χ0n) is 7.91. The highest BCUT2D eigenvalue weighted by Crippen LogP contribution is 2.19. The van der Waals surface area contributed by atoms with E-state index in [2.05, 4.69) is 0 Å². The van der Waals surface area contributed by atoms with Crippen molar-refractivity contribution in [3.8, 4) is 0 Å². The van der Waals surface area contributed by atoms with Crippen molar-refractivity contribution < 1.29 is 4.39 Å².